The van der Waals surface area contributed by atoms with Gasteiger partial charge < -0.3 is 35.6 Å². The summed E-state index contributed by atoms with van der Waals surface area (Å²) in [6.45, 7) is 4.76. The zero-order chi connectivity index (χ0) is 31.6. The van der Waals surface area contributed by atoms with Crippen LogP contribution in [0.25, 0.3) is 0 Å². The van der Waals surface area contributed by atoms with Crippen molar-refractivity contribution >= 4 is 40.9 Å². The Hall–Kier alpha value is -4.90. The molecule has 1 heterocycles. The number of carbonyl (C=O) groups excluding carboxylic acids is 3. The number of carboxylic acids is 1. The Morgan fingerprint density at radius 1 is 0.864 bits per heavy atom. The number of para-hydroxylation sites is 1. The molecule has 0 bridgehead atoms. The Morgan fingerprint density at radius 3 is 2.20 bits per heavy atom. The van der Waals surface area contributed by atoms with Gasteiger partial charge in [0.1, 0.15) is 5.75 Å². The lowest BCUT2D eigenvalue weighted by atomic mass is 9.91. The molecule has 0 aliphatic carbocycles. The first-order chi connectivity index (χ1) is 21.1. The number of ether oxygens (including phenoxy) is 1. The second-order valence-electron chi connectivity index (χ2n) is 11.0. The molecule has 1 atom stereocenters. The van der Waals surface area contributed by atoms with Crippen molar-refractivity contribution in [3.8, 4) is 5.75 Å². The first-order valence-corrected chi connectivity index (χ1v) is 14.5. The highest BCUT2D eigenvalue weighted by atomic mass is 16.5. The van der Waals surface area contributed by atoms with Gasteiger partial charge in [-0.2, -0.15) is 0 Å². The number of amides is 4. The van der Waals surface area contributed by atoms with Crippen LogP contribution in [0.1, 0.15) is 35.4 Å². The van der Waals surface area contributed by atoms with Crippen molar-refractivity contribution in [3.63, 3.8) is 0 Å². The number of urea groups is 1. The van der Waals surface area contributed by atoms with E-state index in [2.05, 4.69) is 20.9 Å². The maximum atomic E-state index is 12.9. The largest absolute Gasteiger partial charge is 0.495 e. The Bertz CT molecular complexity index is 1480. The average Bonchev–Trinajstić information content (AvgIpc) is 2.99. The second kappa shape index (κ2) is 15.0. The van der Waals surface area contributed by atoms with Gasteiger partial charge in [0, 0.05) is 49.9 Å². The number of hydrogen-bond acceptors (Lipinski definition) is 6. The number of rotatable bonds is 11. The molecule has 1 aliphatic heterocycles. The predicted molar refractivity (Wildman–Crippen MR) is 169 cm³/mol. The topological polar surface area (TPSA) is 140 Å². The summed E-state index contributed by atoms with van der Waals surface area (Å²) < 4.78 is 5.45. The summed E-state index contributed by atoms with van der Waals surface area (Å²) in [5, 5.41) is 17.9. The molecule has 232 valence electrons. The van der Waals surface area contributed by atoms with Gasteiger partial charge in [-0.15, -0.1) is 0 Å². The maximum absolute atomic E-state index is 12.9. The number of methoxy groups -OCH3 is 1. The van der Waals surface area contributed by atoms with Gasteiger partial charge in [0.2, 0.25) is 11.8 Å². The van der Waals surface area contributed by atoms with Crippen molar-refractivity contribution in [2.45, 2.75) is 32.1 Å². The van der Waals surface area contributed by atoms with Crippen LogP contribution in [0.3, 0.4) is 0 Å². The zero-order valence-electron chi connectivity index (χ0n) is 25.3. The number of carbonyl (C=O) groups is 4. The van der Waals surface area contributed by atoms with E-state index in [4.69, 9.17) is 4.74 Å². The third-order valence-corrected chi connectivity index (χ3v) is 7.64. The minimum Gasteiger partial charge on any atom is -0.495 e. The molecule has 4 amide bonds. The van der Waals surface area contributed by atoms with Crippen LogP contribution in [0.15, 0.2) is 66.7 Å². The van der Waals surface area contributed by atoms with Crippen LogP contribution in [-0.2, 0) is 20.8 Å². The van der Waals surface area contributed by atoms with E-state index in [1.54, 1.807) is 47.4 Å². The standard InChI is InChI=1S/C33H39N5O6/c1-22-6-4-5-7-27(22)35-33(43)36-28-13-8-23(18-29(28)44-3)19-30(39)34-26-11-9-24(10-12-26)25(21-32(41)42)20-31(40)38-16-14-37(2)15-17-38/h4-13,18,25H,14-17,19-21H2,1-3H3,(H,34,39)(H,41,42)(H2,35,36,43). The Labute approximate surface area is 257 Å². The number of nitrogens with one attached hydrogen (secondary N) is 3. The summed E-state index contributed by atoms with van der Waals surface area (Å²) in [7, 11) is 3.50. The number of benzene rings is 3. The molecule has 0 saturated carbocycles. The van der Waals surface area contributed by atoms with Gasteiger partial charge in [0.15, 0.2) is 0 Å². The molecule has 1 unspecified atom stereocenters. The van der Waals surface area contributed by atoms with Gasteiger partial charge in [-0.05, 0) is 61.0 Å². The van der Waals surface area contributed by atoms with Gasteiger partial charge in [-0.25, -0.2) is 4.79 Å². The molecule has 4 N–H and O–H groups in total. The van der Waals surface area contributed by atoms with Gasteiger partial charge in [-0.3, -0.25) is 14.4 Å². The summed E-state index contributed by atoms with van der Waals surface area (Å²) >= 11 is 0. The molecule has 0 aromatic heterocycles. The van der Waals surface area contributed by atoms with Gasteiger partial charge in [0.25, 0.3) is 0 Å². The number of aryl methyl sites for hydroxylation is 1. The molecular formula is C33H39N5O6. The minimum absolute atomic E-state index is 0.0507. The first kappa shape index (κ1) is 32.0. The molecule has 1 saturated heterocycles. The quantitative estimate of drug-likeness (QED) is 0.253. The zero-order valence-corrected chi connectivity index (χ0v) is 25.3. The SMILES string of the molecule is COc1cc(CC(=O)Nc2ccc(C(CC(=O)O)CC(=O)N3CCN(C)CC3)cc2)ccc1NC(=O)Nc1ccccc1C. The molecule has 0 spiro atoms. The van der Waals surface area contributed by atoms with Crippen molar-refractivity contribution in [2.24, 2.45) is 0 Å². The van der Waals surface area contributed by atoms with Crippen LogP contribution >= 0.6 is 0 Å². The van der Waals surface area contributed by atoms with Crippen molar-refractivity contribution in [2.75, 3.05) is 56.3 Å². The smallest absolute Gasteiger partial charge is 0.323 e. The summed E-state index contributed by atoms with van der Waals surface area (Å²) in [5.74, 6) is -1.34. The fourth-order valence-electron chi connectivity index (χ4n) is 5.08. The molecule has 3 aromatic rings. The highest BCUT2D eigenvalue weighted by molar-refractivity contribution is 6.01. The normalized spacial score (nSPS) is 13.9. The van der Waals surface area contributed by atoms with E-state index in [1.165, 1.54) is 7.11 Å². The van der Waals surface area contributed by atoms with E-state index in [-0.39, 0.29) is 31.1 Å². The highest BCUT2D eigenvalue weighted by Gasteiger charge is 2.25. The van der Waals surface area contributed by atoms with Crippen LogP contribution in [0.5, 0.6) is 5.75 Å². The van der Waals surface area contributed by atoms with E-state index in [0.717, 1.165) is 24.2 Å². The lowest BCUT2D eigenvalue weighted by Crippen LogP contribution is -2.47. The van der Waals surface area contributed by atoms with Crippen molar-refractivity contribution in [1.82, 2.24) is 9.80 Å². The number of anilines is 3. The molecule has 1 fully saturated rings. The molecular weight excluding hydrogens is 562 g/mol. The van der Waals surface area contributed by atoms with Crippen LogP contribution in [0, 0.1) is 6.92 Å². The van der Waals surface area contributed by atoms with E-state index < -0.39 is 17.9 Å². The van der Waals surface area contributed by atoms with Crippen molar-refractivity contribution in [3.05, 3.63) is 83.4 Å². The Balaban J connectivity index is 1.34. The molecule has 1 aliphatic rings. The van der Waals surface area contributed by atoms with E-state index in [0.29, 0.717) is 41.5 Å². The third-order valence-electron chi connectivity index (χ3n) is 7.64. The van der Waals surface area contributed by atoms with Crippen molar-refractivity contribution < 1.29 is 29.0 Å². The monoisotopic (exact) mass is 601 g/mol. The van der Waals surface area contributed by atoms with Crippen LogP contribution in [0.2, 0.25) is 0 Å². The number of aliphatic carboxylic acids is 1. The highest BCUT2D eigenvalue weighted by Crippen LogP contribution is 2.28. The summed E-state index contributed by atoms with van der Waals surface area (Å²) in [5.41, 5.74) is 4.05. The van der Waals surface area contributed by atoms with Gasteiger partial charge >= 0.3 is 12.0 Å². The number of carboxylic acid groups (broad SMARTS) is 1. The lowest BCUT2D eigenvalue weighted by Gasteiger charge is -2.33. The summed E-state index contributed by atoms with van der Waals surface area (Å²) in [4.78, 5) is 53.7. The number of piperazine rings is 1. The number of nitrogens with zero attached hydrogens (tertiary/aromatic N) is 2. The van der Waals surface area contributed by atoms with Crippen LogP contribution in [0.4, 0.5) is 21.9 Å². The lowest BCUT2D eigenvalue weighted by molar-refractivity contribution is -0.138. The average molecular weight is 602 g/mol. The first-order valence-electron chi connectivity index (χ1n) is 14.5. The van der Waals surface area contributed by atoms with Crippen LogP contribution < -0.4 is 20.7 Å². The molecule has 44 heavy (non-hydrogen) atoms. The number of hydrogen-bond donors (Lipinski definition) is 4. The van der Waals surface area contributed by atoms with Gasteiger partial charge in [0.05, 0.1) is 25.6 Å². The third kappa shape index (κ3) is 9.05. The van der Waals surface area contributed by atoms with Gasteiger partial charge in [-0.1, -0.05) is 36.4 Å². The van der Waals surface area contributed by atoms with E-state index >= 15 is 0 Å². The van der Waals surface area contributed by atoms with E-state index in [9.17, 15) is 24.3 Å². The molecule has 3 aromatic carbocycles. The Kier molecular flexibility index (Phi) is 10.9. The minimum atomic E-state index is -0.970. The fraction of sp³-hybridized carbons (Fsp3) is 0.333. The van der Waals surface area contributed by atoms with Crippen LogP contribution in [-0.4, -0.2) is 79.1 Å². The fourth-order valence-corrected chi connectivity index (χ4v) is 5.08. The molecule has 11 heteroatoms. The second-order valence-corrected chi connectivity index (χ2v) is 11.0. The molecule has 11 nitrogen and oxygen atoms in total. The summed E-state index contributed by atoms with van der Waals surface area (Å²) in [6.07, 6.45) is 0.0162. The van der Waals surface area contributed by atoms with Crippen molar-refractivity contribution in [1.29, 1.82) is 0 Å². The predicted octanol–water partition coefficient (Wildman–Crippen LogP) is 4.55. The summed E-state index contributed by atoms with van der Waals surface area (Å²) in [6, 6.07) is 19.1. The number of likely N-dealkylation sites (N-methyl/N-ethyl adjacent to an activating group) is 1. The Morgan fingerprint density at radius 2 is 1.55 bits per heavy atom. The van der Waals surface area contributed by atoms with E-state index in [1.807, 2.05) is 38.2 Å². The maximum Gasteiger partial charge on any atom is 0.323 e. The molecule has 4 rings (SSSR count). The molecule has 0 radical (unpaired) electrons.